The lowest BCUT2D eigenvalue weighted by atomic mass is 9.94. The van der Waals surface area contributed by atoms with Gasteiger partial charge < -0.3 is 130 Å². The van der Waals surface area contributed by atoms with Crippen LogP contribution in [0.5, 0.6) is 0 Å². The molecule has 5 heterocycles. The fourth-order valence-electron chi connectivity index (χ4n) is 7.74. The van der Waals surface area contributed by atoms with Crippen molar-refractivity contribution in [1.29, 1.82) is 0 Å². The molecule has 17 N–H and O–H groups in total. The maximum Gasteiger partial charge on any atom is 0.217 e. The Morgan fingerprint density at radius 3 is 1.29 bits per heavy atom. The highest BCUT2D eigenvalue weighted by Gasteiger charge is 2.56. The van der Waals surface area contributed by atoms with Crippen molar-refractivity contribution in [2.75, 3.05) is 33.0 Å². The van der Waals surface area contributed by atoms with Crippen molar-refractivity contribution >= 4 is 11.8 Å². The van der Waals surface area contributed by atoms with Gasteiger partial charge in [0, 0.05) is 13.8 Å². The van der Waals surface area contributed by atoms with Crippen LogP contribution in [0, 0.1) is 0 Å². The van der Waals surface area contributed by atoms with Gasteiger partial charge in [-0.05, 0) is 0 Å². The van der Waals surface area contributed by atoms with E-state index in [9.17, 15) is 86.2 Å². The van der Waals surface area contributed by atoms with Crippen LogP contribution in [-0.4, -0.2) is 275 Å². The van der Waals surface area contributed by atoms with Gasteiger partial charge in [-0.25, -0.2) is 0 Å². The fraction of sp³-hybridized carbons (Fsp3) is 0.941. The van der Waals surface area contributed by atoms with E-state index in [1.165, 1.54) is 0 Å². The van der Waals surface area contributed by atoms with E-state index in [-0.39, 0.29) is 0 Å². The highest BCUT2D eigenvalue weighted by molar-refractivity contribution is 5.73. The monoisotopic (exact) mass is 910 g/mol. The molecule has 25 atom stereocenters. The lowest BCUT2D eigenvalue weighted by molar-refractivity contribution is -0.383. The van der Waals surface area contributed by atoms with Gasteiger partial charge >= 0.3 is 0 Å². The molecule has 28 heteroatoms. The molecule has 2 amide bonds. The van der Waals surface area contributed by atoms with E-state index in [2.05, 4.69) is 10.6 Å². The first-order valence-electron chi connectivity index (χ1n) is 19.6. The second-order valence-corrected chi connectivity index (χ2v) is 15.5. The minimum Gasteiger partial charge on any atom is -0.394 e. The average molecular weight is 911 g/mol. The van der Waals surface area contributed by atoms with E-state index in [0.717, 1.165) is 13.8 Å². The van der Waals surface area contributed by atoms with Gasteiger partial charge in [0.1, 0.15) is 122 Å². The van der Waals surface area contributed by atoms with Gasteiger partial charge in [0.25, 0.3) is 0 Å². The van der Waals surface area contributed by atoms with Crippen LogP contribution in [0.1, 0.15) is 13.8 Å². The van der Waals surface area contributed by atoms with Gasteiger partial charge in [0.15, 0.2) is 31.5 Å². The molecule has 62 heavy (non-hydrogen) atoms. The number of carbonyl (C=O) groups excluding carboxylic acids is 2. The van der Waals surface area contributed by atoms with Gasteiger partial charge in [-0.2, -0.15) is 0 Å². The van der Waals surface area contributed by atoms with Gasteiger partial charge in [-0.15, -0.1) is 0 Å². The van der Waals surface area contributed by atoms with Crippen molar-refractivity contribution in [3.63, 3.8) is 0 Å². The quantitative estimate of drug-likeness (QED) is 0.0725. The fourth-order valence-corrected chi connectivity index (χ4v) is 7.74. The van der Waals surface area contributed by atoms with Gasteiger partial charge in [-0.1, -0.05) is 0 Å². The summed E-state index contributed by atoms with van der Waals surface area (Å²) in [5, 5.41) is 163. The molecule has 28 nitrogen and oxygen atoms in total. The molecule has 0 spiro atoms. The number of nitrogens with one attached hydrogen (secondary N) is 2. The van der Waals surface area contributed by atoms with Crippen molar-refractivity contribution in [2.45, 2.75) is 167 Å². The van der Waals surface area contributed by atoms with E-state index >= 15 is 0 Å². The molecule has 360 valence electrons. The predicted octanol–water partition coefficient (Wildman–Crippen LogP) is -11.6. The Bertz CT molecular complexity index is 1440. The third-order valence-electron chi connectivity index (χ3n) is 11.1. The molecule has 5 fully saturated rings. The first kappa shape index (κ1) is 51.0. The third-order valence-corrected chi connectivity index (χ3v) is 11.1. The summed E-state index contributed by atoms with van der Waals surface area (Å²) in [6.45, 7) is -2.29. The molecule has 0 bridgehead atoms. The predicted molar refractivity (Wildman–Crippen MR) is 190 cm³/mol. The lowest BCUT2D eigenvalue weighted by Gasteiger charge is -2.50. The number of carbonyl (C=O) groups is 2. The van der Waals surface area contributed by atoms with Crippen LogP contribution in [0.25, 0.3) is 0 Å². The van der Waals surface area contributed by atoms with Crippen LogP contribution in [0.15, 0.2) is 0 Å². The number of hydrogen-bond acceptors (Lipinski definition) is 26. The molecule has 5 aliphatic rings. The number of aliphatic hydroxyl groups excluding tert-OH is 15. The molecule has 0 aromatic carbocycles. The standard InChI is InChI=1S/C34H58N2O26/c1-8(41)35-15-19(45)27(12(5-39)55-30(15)53)60-31-16(36-9(2)42)20(46)28(13(6-40)58-31)61-34-26(52)23(49)29(62-33-25(51)22(48)18(44)11(4-38)57-33)14(59-34)7-54-32-24(50)21(47)17(43)10(3-37)56-32/h10-34,37-40,43-53H,3-7H2,1-2H3,(H,35,41)(H,36,42)/t10-,11-,12-,13-,14-,15-,16-,17-,18-,19-,20-,21+,22+,23-,24+,25+,26+,27-,28-,29-,30-,31-,32-,33+,34-/m1/s1. The minimum atomic E-state index is -2.19. The summed E-state index contributed by atoms with van der Waals surface area (Å²) < 4.78 is 50.9. The number of amides is 2. The molecular weight excluding hydrogens is 852 g/mol. The zero-order valence-electron chi connectivity index (χ0n) is 33.2. The second kappa shape index (κ2) is 22.0. The summed E-state index contributed by atoms with van der Waals surface area (Å²) in [5.41, 5.74) is 0. The Balaban J connectivity index is 1.40. The van der Waals surface area contributed by atoms with Gasteiger partial charge in [-0.3, -0.25) is 9.59 Å². The van der Waals surface area contributed by atoms with E-state index in [0.29, 0.717) is 0 Å². The van der Waals surface area contributed by atoms with Crippen molar-refractivity contribution in [2.24, 2.45) is 0 Å². The van der Waals surface area contributed by atoms with E-state index in [4.69, 9.17) is 42.6 Å². The van der Waals surface area contributed by atoms with Crippen LogP contribution < -0.4 is 10.6 Å². The molecule has 0 saturated carbocycles. The van der Waals surface area contributed by atoms with Crippen molar-refractivity contribution in [3.8, 4) is 0 Å². The normalized spacial score (nSPS) is 49.0. The van der Waals surface area contributed by atoms with Crippen LogP contribution in [0.4, 0.5) is 0 Å². The second-order valence-electron chi connectivity index (χ2n) is 15.5. The average Bonchev–Trinajstić information content (AvgIpc) is 3.23. The highest BCUT2D eigenvalue weighted by Crippen LogP contribution is 2.35. The van der Waals surface area contributed by atoms with E-state index in [1.54, 1.807) is 0 Å². The zero-order chi connectivity index (χ0) is 45.9. The van der Waals surface area contributed by atoms with Gasteiger partial charge in [0.2, 0.25) is 11.8 Å². The third kappa shape index (κ3) is 11.0. The van der Waals surface area contributed by atoms with Crippen molar-refractivity contribution in [3.05, 3.63) is 0 Å². The largest absolute Gasteiger partial charge is 0.394 e. The summed E-state index contributed by atoms with van der Waals surface area (Å²) >= 11 is 0. The molecule has 0 aliphatic carbocycles. The zero-order valence-corrected chi connectivity index (χ0v) is 33.2. The molecular formula is C34H58N2O26. The summed E-state index contributed by atoms with van der Waals surface area (Å²) in [6.07, 6.45) is -42.1. The van der Waals surface area contributed by atoms with Crippen LogP contribution in [0.3, 0.4) is 0 Å². The molecule has 0 unspecified atom stereocenters. The molecule has 5 aliphatic heterocycles. The van der Waals surface area contributed by atoms with E-state index in [1.807, 2.05) is 0 Å². The topological polar surface area (TPSA) is 445 Å². The Morgan fingerprint density at radius 1 is 0.419 bits per heavy atom. The maximum absolute atomic E-state index is 12.4. The first-order chi connectivity index (χ1) is 29.3. The van der Waals surface area contributed by atoms with Crippen molar-refractivity contribution < 1.29 is 129 Å². The summed E-state index contributed by atoms with van der Waals surface area (Å²) in [4.78, 5) is 24.2. The van der Waals surface area contributed by atoms with Crippen molar-refractivity contribution in [1.82, 2.24) is 10.6 Å². The number of ether oxygens (including phenoxy) is 9. The molecule has 5 saturated heterocycles. The first-order valence-corrected chi connectivity index (χ1v) is 19.6. The Hall–Kier alpha value is -2.02. The Morgan fingerprint density at radius 2 is 0.790 bits per heavy atom. The van der Waals surface area contributed by atoms with Gasteiger partial charge in [0.05, 0.1) is 33.0 Å². The minimum absolute atomic E-state index is 0.689. The number of hydrogen-bond donors (Lipinski definition) is 17. The summed E-state index contributed by atoms with van der Waals surface area (Å²) in [7, 11) is 0. The van der Waals surface area contributed by atoms with Crippen LogP contribution >= 0.6 is 0 Å². The molecule has 0 aromatic heterocycles. The van der Waals surface area contributed by atoms with Crippen LogP contribution in [-0.2, 0) is 52.2 Å². The Kier molecular flexibility index (Phi) is 18.1. The SMILES string of the molecule is CC(=O)N[C@@H]1[C@@H](O)[C@H](O[C@H]2O[C@H](CO)[C@@H](O[C@H]3O[C@H](CO[C@@H]4O[C@H](CO)[C@@H](O)[C@H](O)[C@@H]4O)[C@@H](O[C@@H]4O[C@H](CO)[C@@H](O)[C@H](O)[C@@H]4O)[C@H](O)[C@@H]3O)[C@H](O)[C@H]2NC(C)=O)[C@@H](CO)O[C@H]1O. The number of aliphatic hydroxyl groups is 15. The smallest absolute Gasteiger partial charge is 0.217 e. The lowest BCUT2D eigenvalue weighted by Crippen LogP contribution is -2.70. The summed E-state index contributed by atoms with van der Waals surface area (Å²) in [6, 6.07) is -3.17. The number of rotatable bonds is 15. The molecule has 0 radical (unpaired) electrons. The Labute approximate surface area is 351 Å². The maximum atomic E-state index is 12.4. The highest BCUT2D eigenvalue weighted by atomic mass is 16.8. The molecule has 0 aromatic rings. The van der Waals surface area contributed by atoms with Crippen LogP contribution in [0.2, 0.25) is 0 Å². The van der Waals surface area contributed by atoms with E-state index < -0.39 is 198 Å². The molecule has 5 rings (SSSR count). The summed E-state index contributed by atoms with van der Waals surface area (Å²) in [5.74, 6) is -1.48.